The fourth-order valence-corrected chi connectivity index (χ4v) is 3.72. The Labute approximate surface area is 118 Å². The molecule has 0 spiro atoms. The van der Waals surface area contributed by atoms with Crippen LogP contribution in [0.3, 0.4) is 0 Å². The lowest BCUT2D eigenvalue weighted by molar-refractivity contribution is 0.0315. The Morgan fingerprint density at radius 2 is 2.26 bits per heavy atom. The minimum atomic E-state index is 0.406. The number of aromatic nitrogens is 2. The molecule has 1 aromatic heterocycles. The van der Waals surface area contributed by atoms with Gasteiger partial charge >= 0.3 is 0 Å². The first-order valence-corrected chi connectivity index (χ1v) is 8.06. The molecule has 19 heavy (non-hydrogen) atoms. The van der Waals surface area contributed by atoms with Crippen LogP contribution in [0.15, 0.2) is 29.4 Å². The number of imidazole rings is 1. The van der Waals surface area contributed by atoms with Crippen LogP contribution < -0.4 is 0 Å². The van der Waals surface area contributed by atoms with Crippen LogP contribution in [0, 0.1) is 0 Å². The molecule has 1 aliphatic rings. The molecular weight excluding hydrogens is 256 g/mol. The highest BCUT2D eigenvalue weighted by molar-refractivity contribution is 7.99. The van der Waals surface area contributed by atoms with Gasteiger partial charge < -0.3 is 9.30 Å². The van der Waals surface area contributed by atoms with Gasteiger partial charge in [-0.05, 0) is 38.3 Å². The van der Waals surface area contributed by atoms with E-state index in [9.17, 15) is 0 Å². The van der Waals surface area contributed by atoms with E-state index in [2.05, 4.69) is 29.7 Å². The van der Waals surface area contributed by atoms with E-state index in [0.29, 0.717) is 6.10 Å². The van der Waals surface area contributed by atoms with E-state index in [0.717, 1.165) is 29.6 Å². The molecule has 0 unspecified atom stereocenters. The molecule has 1 atom stereocenters. The zero-order valence-electron chi connectivity index (χ0n) is 11.3. The number of benzene rings is 1. The van der Waals surface area contributed by atoms with Gasteiger partial charge in [0.05, 0.1) is 17.1 Å². The summed E-state index contributed by atoms with van der Waals surface area (Å²) in [5.74, 6) is 1.02. The van der Waals surface area contributed by atoms with E-state index >= 15 is 0 Å². The van der Waals surface area contributed by atoms with Crippen molar-refractivity contribution in [2.24, 2.45) is 0 Å². The second kappa shape index (κ2) is 5.97. The molecule has 102 valence electrons. The normalized spacial score (nSPS) is 19.9. The molecule has 0 saturated carbocycles. The monoisotopic (exact) mass is 276 g/mol. The summed E-state index contributed by atoms with van der Waals surface area (Å²) in [5.41, 5.74) is 2.33. The molecule has 0 N–H and O–H groups in total. The van der Waals surface area contributed by atoms with Crippen LogP contribution in [0.5, 0.6) is 0 Å². The molecule has 3 nitrogen and oxygen atoms in total. The minimum Gasteiger partial charge on any atom is -0.377 e. The van der Waals surface area contributed by atoms with Crippen LogP contribution >= 0.6 is 11.8 Å². The van der Waals surface area contributed by atoms with Crippen LogP contribution in [0.1, 0.15) is 26.2 Å². The topological polar surface area (TPSA) is 27.1 Å². The maximum Gasteiger partial charge on any atom is 0.169 e. The van der Waals surface area contributed by atoms with Gasteiger partial charge in [0.1, 0.15) is 0 Å². The lowest BCUT2D eigenvalue weighted by Crippen LogP contribution is -2.21. The number of nitrogens with zero attached hydrogens (tertiary/aromatic N) is 2. The molecule has 4 heteroatoms. The quantitative estimate of drug-likeness (QED) is 0.796. The third kappa shape index (κ3) is 2.79. The highest BCUT2D eigenvalue weighted by Crippen LogP contribution is 2.26. The Morgan fingerprint density at radius 1 is 1.37 bits per heavy atom. The van der Waals surface area contributed by atoms with E-state index in [1.807, 2.05) is 17.8 Å². The molecule has 1 aromatic carbocycles. The summed E-state index contributed by atoms with van der Waals surface area (Å²) >= 11 is 1.83. The summed E-state index contributed by atoms with van der Waals surface area (Å²) in [7, 11) is 0. The number of para-hydroxylation sites is 2. The van der Waals surface area contributed by atoms with Crippen molar-refractivity contribution in [1.29, 1.82) is 0 Å². The summed E-state index contributed by atoms with van der Waals surface area (Å²) in [5, 5.41) is 1.12. The van der Waals surface area contributed by atoms with E-state index < -0.39 is 0 Å². The summed E-state index contributed by atoms with van der Waals surface area (Å²) in [6, 6.07) is 8.36. The zero-order chi connectivity index (χ0) is 13.1. The number of hydrogen-bond donors (Lipinski definition) is 0. The van der Waals surface area contributed by atoms with Gasteiger partial charge in [-0.3, -0.25) is 0 Å². The summed E-state index contributed by atoms with van der Waals surface area (Å²) in [4.78, 5) is 4.74. The van der Waals surface area contributed by atoms with Crippen molar-refractivity contribution in [1.82, 2.24) is 9.55 Å². The van der Waals surface area contributed by atoms with Gasteiger partial charge in [-0.15, -0.1) is 0 Å². The minimum absolute atomic E-state index is 0.406. The van der Waals surface area contributed by atoms with Gasteiger partial charge in [0, 0.05) is 18.9 Å². The van der Waals surface area contributed by atoms with Crippen LogP contribution in [-0.4, -0.2) is 28.0 Å². The molecule has 0 aliphatic carbocycles. The number of aryl methyl sites for hydroxylation is 1. The fraction of sp³-hybridized carbons (Fsp3) is 0.533. The second-order valence-electron chi connectivity index (χ2n) is 4.93. The highest BCUT2D eigenvalue weighted by Gasteiger charge is 2.16. The first-order chi connectivity index (χ1) is 9.38. The summed E-state index contributed by atoms with van der Waals surface area (Å²) < 4.78 is 8.08. The predicted molar refractivity (Wildman–Crippen MR) is 79.7 cm³/mol. The van der Waals surface area contributed by atoms with Crippen molar-refractivity contribution < 1.29 is 4.74 Å². The SMILES string of the molecule is CCn1c(SC[C@H]2CCCCO2)nc2ccccc21. The Bertz CT molecular complexity index is 546. The molecule has 2 aromatic rings. The molecule has 2 heterocycles. The van der Waals surface area contributed by atoms with Crippen LogP contribution in [0.25, 0.3) is 11.0 Å². The standard InChI is InChI=1S/C15H20N2OS/c1-2-17-14-9-4-3-8-13(14)16-15(17)19-11-12-7-5-6-10-18-12/h3-4,8-9,12H,2,5-7,10-11H2,1H3/t12-/m1/s1. The van der Waals surface area contributed by atoms with Crippen molar-refractivity contribution in [2.45, 2.75) is 44.0 Å². The third-order valence-electron chi connectivity index (χ3n) is 3.61. The predicted octanol–water partition coefficient (Wildman–Crippen LogP) is 3.72. The number of hydrogen-bond acceptors (Lipinski definition) is 3. The second-order valence-corrected chi connectivity index (χ2v) is 5.91. The first kappa shape index (κ1) is 13.0. The number of ether oxygens (including phenoxy) is 1. The van der Waals surface area contributed by atoms with Gasteiger partial charge in [-0.25, -0.2) is 4.98 Å². The van der Waals surface area contributed by atoms with Crippen molar-refractivity contribution >= 4 is 22.8 Å². The number of rotatable bonds is 4. The van der Waals surface area contributed by atoms with Crippen LogP contribution in [0.4, 0.5) is 0 Å². The lowest BCUT2D eigenvalue weighted by Gasteiger charge is -2.21. The maximum absolute atomic E-state index is 5.79. The number of thioether (sulfide) groups is 1. The third-order valence-corrected chi connectivity index (χ3v) is 4.72. The average molecular weight is 276 g/mol. The van der Waals surface area contributed by atoms with E-state index in [-0.39, 0.29) is 0 Å². The van der Waals surface area contributed by atoms with Gasteiger partial charge in [0.15, 0.2) is 5.16 Å². The molecule has 0 radical (unpaired) electrons. The fourth-order valence-electron chi connectivity index (χ4n) is 2.58. The smallest absolute Gasteiger partial charge is 0.169 e. The van der Waals surface area contributed by atoms with Gasteiger partial charge in [0.2, 0.25) is 0 Å². The average Bonchev–Trinajstić information content (AvgIpc) is 2.83. The molecule has 1 saturated heterocycles. The van der Waals surface area contributed by atoms with Crippen molar-refractivity contribution in [3.05, 3.63) is 24.3 Å². The molecule has 0 bridgehead atoms. The summed E-state index contributed by atoms with van der Waals surface area (Å²) in [6.07, 6.45) is 4.12. The Hall–Kier alpha value is -1.00. The van der Waals surface area contributed by atoms with Crippen molar-refractivity contribution in [2.75, 3.05) is 12.4 Å². The van der Waals surface area contributed by atoms with E-state index in [1.165, 1.54) is 24.8 Å². The molecule has 1 aliphatic heterocycles. The van der Waals surface area contributed by atoms with Crippen molar-refractivity contribution in [3.8, 4) is 0 Å². The van der Waals surface area contributed by atoms with Gasteiger partial charge in [-0.2, -0.15) is 0 Å². The van der Waals surface area contributed by atoms with Crippen LogP contribution in [-0.2, 0) is 11.3 Å². The van der Waals surface area contributed by atoms with E-state index in [4.69, 9.17) is 9.72 Å². The zero-order valence-corrected chi connectivity index (χ0v) is 12.2. The Kier molecular flexibility index (Phi) is 4.09. The van der Waals surface area contributed by atoms with Crippen LogP contribution in [0.2, 0.25) is 0 Å². The molecule has 0 amide bonds. The Balaban J connectivity index is 1.76. The van der Waals surface area contributed by atoms with E-state index in [1.54, 1.807) is 0 Å². The molecule has 3 rings (SSSR count). The first-order valence-electron chi connectivity index (χ1n) is 7.08. The van der Waals surface area contributed by atoms with Gasteiger partial charge in [0.25, 0.3) is 0 Å². The molecular formula is C15H20N2OS. The molecule has 1 fully saturated rings. The van der Waals surface area contributed by atoms with Gasteiger partial charge in [-0.1, -0.05) is 23.9 Å². The summed E-state index contributed by atoms with van der Waals surface area (Å²) in [6.45, 7) is 4.07. The number of fused-ring (bicyclic) bond motifs is 1. The Morgan fingerprint density at radius 3 is 3.05 bits per heavy atom. The largest absolute Gasteiger partial charge is 0.377 e. The maximum atomic E-state index is 5.79. The van der Waals surface area contributed by atoms with Crippen molar-refractivity contribution in [3.63, 3.8) is 0 Å². The lowest BCUT2D eigenvalue weighted by atomic mass is 10.1. The highest BCUT2D eigenvalue weighted by atomic mass is 32.2.